The average Bonchev–Trinajstić information content (AvgIpc) is 2.89. The second-order valence-corrected chi connectivity index (χ2v) is 8.29. The Labute approximate surface area is 158 Å². The summed E-state index contributed by atoms with van der Waals surface area (Å²) < 4.78 is 15.6. The number of nitrogens with zero attached hydrogens (tertiary/aromatic N) is 2. The Hall–Kier alpha value is -1.82. The van der Waals surface area contributed by atoms with Gasteiger partial charge in [0.05, 0.1) is 10.9 Å². The lowest BCUT2D eigenvalue weighted by atomic mass is 9.95. The lowest BCUT2D eigenvalue weighted by Crippen LogP contribution is -2.23. The Morgan fingerprint density at radius 2 is 2.04 bits per heavy atom. The van der Waals surface area contributed by atoms with E-state index >= 15 is 0 Å². The summed E-state index contributed by atoms with van der Waals surface area (Å²) in [5.74, 6) is -0.503. The summed E-state index contributed by atoms with van der Waals surface area (Å²) in [5, 5.41) is 3.38. The first kappa shape index (κ1) is 19.0. The topological polar surface area (TPSA) is 46.9 Å². The molecule has 6 heteroatoms. The van der Waals surface area contributed by atoms with Gasteiger partial charge in [-0.3, -0.25) is 4.79 Å². The molecule has 0 radical (unpaired) electrons. The fourth-order valence-electron chi connectivity index (χ4n) is 3.47. The number of anilines is 1. The molecule has 1 unspecified atom stereocenters. The normalized spacial score (nSPS) is 16.5. The van der Waals surface area contributed by atoms with Crippen molar-refractivity contribution in [3.63, 3.8) is 0 Å². The summed E-state index contributed by atoms with van der Waals surface area (Å²) >= 11 is 1.48. The van der Waals surface area contributed by atoms with Crippen LogP contribution in [0.3, 0.4) is 0 Å². The summed E-state index contributed by atoms with van der Waals surface area (Å²) in [6.45, 7) is 6.00. The predicted molar refractivity (Wildman–Crippen MR) is 104 cm³/mol. The van der Waals surface area contributed by atoms with Gasteiger partial charge < -0.3 is 9.88 Å². The third-order valence-corrected chi connectivity index (χ3v) is 6.10. The van der Waals surface area contributed by atoms with E-state index in [1.165, 1.54) is 61.7 Å². The molecule has 3 rings (SSSR count). The number of carbonyl (C=O) groups excluding carboxylic acids is 1. The maximum absolute atomic E-state index is 13.3. The fraction of sp³-hybridized carbons (Fsp3) is 0.500. The molecule has 1 fully saturated rings. The van der Waals surface area contributed by atoms with Crippen molar-refractivity contribution >= 4 is 23.4 Å². The van der Waals surface area contributed by atoms with Crippen LogP contribution in [-0.4, -0.2) is 20.7 Å². The van der Waals surface area contributed by atoms with E-state index in [1.54, 1.807) is 12.1 Å². The van der Waals surface area contributed by atoms with Gasteiger partial charge in [0.1, 0.15) is 5.82 Å². The first-order valence-corrected chi connectivity index (χ1v) is 10.1. The highest BCUT2D eigenvalue weighted by Crippen LogP contribution is 2.35. The van der Waals surface area contributed by atoms with E-state index in [0.29, 0.717) is 11.7 Å². The molecule has 0 saturated heterocycles. The van der Waals surface area contributed by atoms with E-state index < -0.39 is 0 Å². The number of imidazole rings is 1. The van der Waals surface area contributed by atoms with Gasteiger partial charge in [-0.05, 0) is 51.8 Å². The maximum atomic E-state index is 13.3. The number of amides is 1. The highest BCUT2D eigenvalue weighted by atomic mass is 32.2. The molecule has 1 aliphatic rings. The zero-order valence-corrected chi connectivity index (χ0v) is 16.4. The van der Waals surface area contributed by atoms with Crippen LogP contribution in [0.4, 0.5) is 10.1 Å². The molecule has 4 nitrogen and oxygen atoms in total. The molecule has 1 saturated carbocycles. The highest BCUT2D eigenvalue weighted by molar-refractivity contribution is 8.00. The third-order valence-electron chi connectivity index (χ3n) is 5.04. The van der Waals surface area contributed by atoms with Gasteiger partial charge in [-0.15, -0.1) is 0 Å². The lowest BCUT2D eigenvalue weighted by molar-refractivity contribution is -0.115. The SMILES string of the molecule is Cc1nc(SC(C)C(=O)Nc2cccc(F)c2)n(C2CCCCC2)c1C. The van der Waals surface area contributed by atoms with Crippen molar-refractivity contribution in [3.8, 4) is 0 Å². The third kappa shape index (κ3) is 4.29. The molecule has 140 valence electrons. The number of nitrogens with one attached hydrogen (secondary N) is 1. The van der Waals surface area contributed by atoms with E-state index in [1.807, 2.05) is 13.8 Å². The van der Waals surface area contributed by atoms with Crippen molar-refractivity contribution in [2.24, 2.45) is 0 Å². The van der Waals surface area contributed by atoms with Crippen LogP contribution in [0.1, 0.15) is 56.5 Å². The first-order valence-electron chi connectivity index (χ1n) is 9.24. The van der Waals surface area contributed by atoms with Gasteiger partial charge in [0.15, 0.2) is 5.16 Å². The van der Waals surface area contributed by atoms with Gasteiger partial charge in [-0.1, -0.05) is 37.1 Å². The van der Waals surface area contributed by atoms with Crippen molar-refractivity contribution in [1.29, 1.82) is 0 Å². The Morgan fingerprint density at radius 3 is 2.73 bits per heavy atom. The van der Waals surface area contributed by atoms with Crippen molar-refractivity contribution in [2.45, 2.75) is 69.3 Å². The largest absolute Gasteiger partial charge is 0.325 e. The molecule has 1 aliphatic carbocycles. The van der Waals surface area contributed by atoms with Gasteiger partial charge in [-0.25, -0.2) is 9.37 Å². The molecule has 0 spiro atoms. The summed E-state index contributed by atoms with van der Waals surface area (Å²) in [6.07, 6.45) is 6.16. The molecule has 0 aliphatic heterocycles. The Balaban J connectivity index is 1.73. The summed E-state index contributed by atoms with van der Waals surface area (Å²) in [7, 11) is 0. The van der Waals surface area contributed by atoms with Crippen LogP contribution in [0.25, 0.3) is 0 Å². The molecule has 1 atom stereocenters. The van der Waals surface area contributed by atoms with Gasteiger partial charge in [-0.2, -0.15) is 0 Å². The number of hydrogen-bond acceptors (Lipinski definition) is 3. The minimum absolute atomic E-state index is 0.144. The number of thioether (sulfide) groups is 1. The molecule has 1 N–H and O–H groups in total. The lowest BCUT2D eigenvalue weighted by Gasteiger charge is -2.26. The van der Waals surface area contributed by atoms with Crippen LogP contribution in [-0.2, 0) is 4.79 Å². The van der Waals surface area contributed by atoms with Crippen LogP contribution in [0.15, 0.2) is 29.4 Å². The molecule has 26 heavy (non-hydrogen) atoms. The van der Waals surface area contributed by atoms with Crippen molar-refractivity contribution in [3.05, 3.63) is 41.5 Å². The number of hydrogen-bond donors (Lipinski definition) is 1. The first-order chi connectivity index (χ1) is 12.5. The molecule has 1 aromatic carbocycles. The number of carbonyl (C=O) groups is 1. The zero-order chi connectivity index (χ0) is 18.7. The van der Waals surface area contributed by atoms with Gasteiger partial charge in [0.2, 0.25) is 5.91 Å². The second kappa shape index (κ2) is 8.25. The van der Waals surface area contributed by atoms with Crippen molar-refractivity contribution < 1.29 is 9.18 Å². The Bertz CT molecular complexity index is 783. The van der Waals surface area contributed by atoms with Crippen molar-refractivity contribution in [1.82, 2.24) is 9.55 Å². The predicted octanol–water partition coefficient (Wildman–Crippen LogP) is 5.26. The second-order valence-electron chi connectivity index (χ2n) is 6.99. The number of halogens is 1. The molecule has 0 bridgehead atoms. The summed E-state index contributed by atoms with van der Waals surface area (Å²) in [4.78, 5) is 17.2. The molecule has 1 aromatic heterocycles. The number of benzene rings is 1. The Kier molecular flexibility index (Phi) is 6.01. The minimum Gasteiger partial charge on any atom is -0.325 e. The monoisotopic (exact) mass is 375 g/mol. The fourth-order valence-corrected chi connectivity index (χ4v) is 4.54. The quantitative estimate of drug-likeness (QED) is 0.725. The maximum Gasteiger partial charge on any atom is 0.237 e. The number of rotatable bonds is 5. The molecular formula is C20H26FN3OS. The van der Waals surface area contributed by atoms with Gasteiger partial charge in [0.25, 0.3) is 0 Å². The van der Waals surface area contributed by atoms with Crippen LogP contribution >= 0.6 is 11.8 Å². The van der Waals surface area contributed by atoms with Gasteiger partial charge in [0, 0.05) is 17.4 Å². The molecule has 2 aromatic rings. The minimum atomic E-state index is -0.359. The number of aryl methyl sites for hydroxylation is 1. The van der Waals surface area contributed by atoms with E-state index in [0.717, 1.165) is 10.9 Å². The Morgan fingerprint density at radius 1 is 1.31 bits per heavy atom. The van der Waals surface area contributed by atoms with E-state index in [-0.39, 0.29) is 17.0 Å². The van der Waals surface area contributed by atoms with Crippen LogP contribution < -0.4 is 5.32 Å². The van der Waals surface area contributed by atoms with E-state index in [9.17, 15) is 9.18 Å². The standard InChI is InChI=1S/C20H26FN3OS/c1-13-14(2)24(18-10-5-4-6-11-18)20(22-13)26-15(3)19(25)23-17-9-7-8-16(21)12-17/h7-9,12,15,18H,4-6,10-11H2,1-3H3,(H,23,25). The average molecular weight is 376 g/mol. The highest BCUT2D eigenvalue weighted by Gasteiger charge is 2.25. The summed E-state index contributed by atoms with van der Waals surface area (Å²) in [5.41, 5.74) is 2.69. The molecule has 1 amide bonds. The van der Waals surface area contributed by atoms with Crippen molar-refractivity contribution in [2.75, 3.05) is 5.32 Å². The smallest absolute Gasteiger partial charge is 0.237 e. The van der Waals surface area contributed by atoms with E-state index in [2.05, 4.69) is 16.8 Å². The molecular weight excluding hydrogens is 349 g/mol. The zero-order valence-electron chi connectivity index (χ0n) is 15.6. The molecule has 1 heterocycles. The van der Waals surface area contributed by atoms with E-state index in [4.69, 9.17) is 4.98 Å². The van der Waals surface area contributed by atoms with Crippen LogP contribution in [0.5, 0.6) is 0 Å². The summed E-state index contributed by atoms with van der Waals surface area (Å²) in [6, 6.07) is 6.44. The van der Waals surface area contributed by atoms with Gasteiger partial charge >= 0.3 is 0 Å². The van der Waals surface area contributed by atoms with Crippen LogP contribution in [0, 0.1) is 19.7 Å². The van der Waals surface area contributed by atoms with Crippen LogP contribution in [0.2, 0.25) is 0 Å². The number of aromatic nitrogens is 2.